The normalized spacial score (nSPS) is 11.1. The summed E-state index contributed by atoms with van der Waals surface area (Å²) in [4.78, 5) is 13.9. The van der Waals surface area contributed by atoms with Gasteiger partial charge in [0.15, 0.2) is 0 Å². The predicted octanol–water partition coefficient (Wildman–Crippen LogP) is 5.51. The van der Waals surface area contributed by atoms with Gasteiger partial charge in [0.25, 0.3) is 0 Å². The molecule has 0 unspecified atom stereocenters. The molecule has 9 heteroatoms. The Morgan fingerprint density at radius 2 is 1.75 bits per heavy atom. The van der Waals surface area contributed by atoms with Crippen molar-refractivity contribution in [3.8, 4) is 17.2 Å². The maximum absolute atomic E-state index is 12.4. The molecule has 7 nitrogen and oxygen atoms in total. The van der Waals surface area contributed by atoms with E-state index in [4.69, 9.17) is 21.1 Å². The van der Waals surface area contributed by atoms with Crippen LogP contribution in [0.15, 0.2) is 65.1 Å². The number of methoxy groups -OCH3 is 2. The van der Waals surface area contributed by atoms with Crippen molar-refractivity contribution >= 4 is 56.2 Å². The predicted molar refractivity (Wildman–Crippen MR) is 129 cm³/mol. The molecule has 1 aromatic heterocycles. The van der Waals surface area contributed by atoms with E-state index in [0.717, 1.165) is 10.0 Å². The molecule has 162 valence electrons. The summed E-state index contributed by atoms with van der Waals surface area (Å²) in [5, 5.41) is 12.3. The van der Waals surface area contributed by atoms with Gasteiger partial charge < -0.3 is 14.8 Å². The molecular formula is C23H18BrClN4O3. The fourth-order valence-electron chi connectivity index (χ4n) is 3.07. The van der Waals surface area contributed by atoms with Crippen LogP contribution in [-0.4, -0.2) is 35.1 Å². The molecular weight excluding hydrogens is 496 g/mol. The van der Waals surface area contributed by atoms with Crippen LogP contribution in [0.25, 0.3) is 22.8 Å². The largest absolute Gasteiger partial charge is 0.496 e. The van der Waals surface area contributed by atoms with Gasteiger partial charge in [-0.3, -0.25) is 4.79 Å². The van der Waals surface area contributed by atoms with E-state index in [1.54, 1.807) is 50.6 Å². The van der Waals surface area contributed by atoms with Crippen molar-refractivity contribution in [3.05, 3.63) is 75.7 Å². The van der Waals surface area contributed by atoms with Gasteiger partial charge in [-0.2, -0.15) is 4.80 Å². The Morgan fingerprint density at radius 1 is 1.00 bits per heavy atom. The summed E-state index contributed by atoms with van der Waals surface area (Å²) in [6.45, 7) is 0. The minimum Gasteiger partial charge on any atom is -0.496 e. The number of carbonyl (C=O) groups is 1. The maximum atomic E-state index is 12.4. The molecule has 0 fully saturated rings. The summed E-state index contributed by atoms with van der Waals surface area (Å²) in [6.07, 6.45) is 3.14. The number of fused-ring (bicyclic) bond motifs is 1. The monoisotopic (exact) mass is 512 g/mol. The van der Waals surface area contributed by atoms with Crippen LogP contribution >= 0.6 is 27.5 Å². The van der Waals surface area contributed by atoms with Crippen molar-refractivity contribution in [3.63, 3.8) is 0 Å². The van der Waals surface area contributed by atoms with Crippen molar-refractivity contribution in [1.29, 1.82) is 0 Å². The van der Waals surface area contributed by atoms with Crippen LogP contribution in [0.4, 0.5) is 5.69 Å². The molecule has 0 saturated heterocycles. The van der Waals surface area contributed by atoms with Crippen molar-refractivity contribution in [2.75, 3.05) is 19.5 Å². The summed E-state index contributed by atoms with van der Waals surface area (Å²) in [5.74, 6) is 0.972. The molecule has 0 bridgehead atoms. The SMILES string of the molecule is COc1ccc(-n2nc3ccc(NC(=O)/C=C/c4cc(Br)ccc4OC)cc3n2)cc1Cl. The Labute approximate surface area is 197 Å². The number of aromatic nitrogens is 3. The number of hydrogen-bond acceptors (Lipinski definition) is 5. The second-order valence-corrected chi connectivity index (χ2v) is 8.04. The van der Waals surface area contributed by atoms with Crippen LogP contribution in [0, 0.1) is 0 Å². The smallest absolute Gasteiger partial charge is 0.248 e. The lowest BCUT2D eigenvalue weighted by Crippen LogP contribution is -2.07. The molecule has 4 rings (SSSR count). The minimum absolute atomic E-state index is 0.277. The van der Waals surface area contributed by atoms with Crippen LogP contribution < -0.4 is 14.8 Å². The first kappa shape index (κ1) is 21.9. The molecule has 0 spiro atoms. The van der Waals surface area contributed by atoms with Crippen LogP contribution in [0.5, 0.6) is 11.5 Å². The van der Waals surface area contributed by atoms with Crippen molar-refractivity contribution < 1.29 is 14.3 Å². The lowest BCUT2D eigenvalue weighted by Gasteiger charge is -2.05. The van der Waals surface area contributed by atoms with Crippen LogP contribution in [0.3, 0.4) is 0 Å². The first-order chi connectivity index (χ1) is 15.5. The van der Waals surface area contributed by atoms with E-state index >= 15 is 0 Å². The van der Waals surface area contributed by atoms with Gasteiger partial charge in [-0.05, 0) is 60.7 Å². The fourth-order valence-corrected chi connectivity index (χ4v) is 3.70. The van der Waals surface area contributed by atoms with Gasteiger partial charge in [0.05, 0.1) is 24.9 Å². The third-order valence-corrected chi connectivity index (χ3v) is 5.41. The maximum Gasteiger partial charge on any atom is 0.248 e. The van der Waals surface area contributed by atoms with E-state index in [1.165, 1.54) is 10.9 Å². The molecule has 1 amide bonds. The molecule has 3 aromatic carbocycles. The molecule has 0 aliphatic heterocycles. The van der Waals surface area contributed by atoms with Gasteiger partial charge in [0.1, 0.15) is 22.5 Å². The highest BCUT2D eigenvalue weighted by Gasteiger charge is 2.09. The summed E-state index contributed by atoms with van der Waals surface area (Å²) < 4.78 is 11.4. The van der Waals surface area contributed by atoms with Crippen molar-refractivity contribution in [2.24, 2.45) is 0 Å². The molecule has 1 heterocycles. The van der Waals surface area contributed by atoms with Gasteiger partial charge in [0.2, 0.25) is 5.91 Å². The van der Waals surface area contributed by atoms with Gasteiger partial charge in [-0.25, -0.2) is 0 Å². The topological polar surface area (TPSA) is 78.3 Å². The van der Waals surface area contributed by atoms with E-state index < -0.39 is 0 Å². The number of carbonyl (C=O) groups excluding carboxylic acids is 1. The second-order valence-electron chi connectivity index (χ2n) is 6.72. The molecule has 4 aromatic rings. The zero-order valence-corrected chi connectivity index (χ0v) is 19.5. The summed E-state index contributed by atoms with van der Waals surface area (Å²) in [7, 11) is 3.14. The highest BCUT2D eigenvalue weighted by atomic mass is 79.9. The number of ether oxygens (including phenoxy) is 2. The van der Waals surface area contributed by atoms with Crippen molar-refractivity contribution in [2.45, 2.75) is 0 Å². The molecule has 0 saturated carbocycles. The fraction of sp³-hybridized carbons (Fsp3) is 0.0870. The van der Waals surface area contributed by atoms with Crippen LogP contribution in [0.1, 0.15) is 5.56 Å². The van der Waals surface area contributed by atoms with Crippen LogP contribution in [-0.2, 0) is 4.79 Å². The summed E-state index contributed by atoms with van der Waals surface area (Å²) in [6, 6.07) is 16.2. The van der Waals surface area contributed by atoms with Crippen molar-refractivity contribution in [1.82, 2.24) is 15.0 Å². The lowest BCUT2D eigenvalue weighted by atomic mass is 10.2. The quantitative estimate of drug-likeness (QED) is 0.344. The Hall–Kier alpha value is -3.36. The number of halogens is 2. The van der Waals surface area contributed by atoms with E-state index in [0.29, 0.717) is 38.9 Å². The number of nitrogens with one attached hydrogen (secondary N) is 1. The zero-order chi connectivity index (χ0) is 22.7. The number of rotatable bonds is 6. The first-order valence-electron chi connectivity index (χ1n) is 9.50. The molecule has 32 heavy (non-hydrogen) atoms. The average Bonchev–Trinajstić information content (AvgIpc) is 3.21. The highest BCUT2D eigenvalue weighted by molar-refractivity contribution is 9.10. The summed E-state index contributed by atoms with van der Waals surface area (Å²) in [5.41, 5.74) is 3.40. The number of anilines is 1. The van der Waals surface area contributed by atoms with E-state index in [2.05, 4.69) is 31.4 Å². The standard InChI is InChI=1S/C23H18BrClN4O3/c1-31-21-8-4-15(24)11-14(21)3-10-23(30)26-16-5-7-19-20(12-16)28-29(27-19)17-6-9-22(32-2)18(25)13-17/h3-13H,1-2H3,(H,26,30)/b10-3+. The summed E-state index contributed by atoms with van der Waals surface area (Å²) >= 11 is 9.62. The molecule has 0 aliphatic carbocycles. The Morgan fingerprint density at radius 3 is 2.50 bits per heavy atom. The van der Waals surface area contributed by atoms with Gasteiger partial charge >= 0.3 is 0 Å². The number of benzene rings is 3. The number of nitrogens with zero attached hydrogens (tertiary/aromatic N) is 3. The first-order valence-corrected chi connectivity index (χ1v) is 10.7. The third kappa shape index (κ3) is 4.76. The Balaban J connectivity index is 1.52. The van der Waals surface area contributed by atoms with Crippen LogP contribution in [0.2, 0.25) is 5.02 Å². The average molecular weight is 514 g/mol. The third-order valence-electron chi connectivity index (χ3n) is 4.62. The molecule has 1 N–H and O–H groups in total. The minimum atomic E-state index is -0.277. The number of hydrogen-bond donors (Lipinski definition) is 1. The van der Waals surface area contributed by atoms with E-state index in [-0.39, 0.29) is 5.91 Å². The second kappa shape index (κ2) is 9.42. The van der Waals surface area contributed by atoms with E-state index in [1.807, 2.05) is 24.3 Å². The van der Waals surface area contributed by atoms with Gasteiger partial charge in [-0.1, -0.05) is 27.5 Å². The zero-order valence-electron chi connectivity index (χ0n) is 17.2. The van der Waals surface area contributed by atoms with Gasteiger partial charge in [-0.15, -0.1) is 10.2 Å². The Bertz CT molecular complexity index is 1340. The van der Waals surface area contributed by atoms with Gasteiger partial charge in [0, 0.05) is 21.8 Å². The molecule has 0 aliphatic rings. The Kier molecular flexibility index (Phi) is 6.43. The number of amides is 1. The molecule has 0 radical (unpaired) electrons. The lowest BCUT2D eigenvalue weighted by molar-refractivity contribution is -0.111. The van der Waals surface area contributed by atoms with E-state index in [9.17, 15) is 4.79 Å². The molecule has 0 atom stereocenters. The highest BCUT2D eigenvalue weighted by Crippen LogP contribution is 2.27.